The van der Waals surface area contributed by atoms with Gasteiger partial charge in [-0.2, -0.15) is 0 Å². The lowest BCUT2D eigenvalue weighted by Crippen LogP contribution is -2.11. The predicted octanol–water partition coefficient (Wildman–Crippen LogP) is 5.01. The van der Waals surface area contributed by atoms with Crippen molar-refractivity contribution in [2.45, 2.75) is 12.2 Å². The molecule has 120 valence electrons. The molecule has 0 unspecified atom stereocenters. The number of hydrogen-bond acceptors (Lipinski definition) is 10. The molecule has 4 aliphatic rings. The fourth-order valence-electron chi connectivity index (χ4n) is 1.85. The highest BCUT2D eigenvalue weighted by Gasteiger charge is 2.33. The van der Waals surface area contributed by atoms with E-state index in [1.165, 1.54) is 25.4 Å². The highest BCUT2D eigenvalue weighted by molar-refractivity contribution is 8.45. The summed E-state index contributed by atoms with van der Waals surface area (Å²) in [7, 11) is 0. The van der Waals surface area contributed by atoms with E-state index in [0.29, 0.717) is 0 Å². The summed E-state index contributed by atoms with van der Waals surface area (Å²) in [5.74, 6) is 3.22. The average molecular weight is 445 g/mol. The van der Waals surface area contributed by atoms with Crippen LogP contribution in [0.2, 0.25) is 0 Å². The maximum atomic E-state index is 9.77. The van der Waals surface area contributed by atoms with Crippen molar-refractivity contribution < 1.29 is 10.2 Å². The van der Waals surface area contributed by atoms with E-state index in [0.717, 1.165) is 23.0 Å². The third-order valence-electron chi connectivity index (χ3n) is 2.87. The molecule has 2 nitrogen and oxygen atoms in total. The van der Waals surface area contributed by atoms with Crippen molar-refractivity contribution in [3.8, 4) is 0 Å². The molecule has 10 heteroatoms. The number of thioether (sulfide) groups is 8. The van der Waals surface area contributed by atoms with E-state index in [1.807, 2.05) is 47.0 Å². The van der Waals surface area contributed by atoms with Crippen LogP contribution in [0.5, 0.6) is 0 Å². The van der Waals surface area contributed by atoms with Crippen LogP contribution in [0.1, 0.15) is 0 Å². The molecule has 0 saturated heterocycles. The van der Waals surface area contributed by atoms with Gasteiger partial charge in [0.25, 0.3) is 0 Å². The fourth-order valence-corrected chi connectivity index (χ4v) is 13.9. The zero-order chi connectivity index (χ0) is 15.1. The number of hydrogen-bond donors (Lipinski definition) is 2. The maximum absolute atomic E-state index is 9.77. The lowest BCUT2D eigenvalue weighted by molar-refractivity contribution is 0.225. The normalized spacial score (nSPS) is 28.1. The van der Waals surface area contributed by atoms with E-state index >= 15 is 0 Å². The fraction of sp³-hybridized carbons (Fsp3) is 0.500. The summed E-state index contributed by atoms with van der Waals surface area (Å²) in [6, 6.07) is 0. The van der Waals surface area contributed by atoms with Gasteiger partial charge < -0.3 is 10.2 Å². The van der Waals surface area contributed by atoms with Crippen LogP contribution in [0.3, 0.4) is 0 Å². The molecule has 0 amide bonds. The molecule has 0 atom stereocenters. The van der Waals surface area contributed by atoms with Gasteiger partial charge in [-0.15, -0.1) is 47.0 Å². The van der Waals surface area contributed by atoms with E-state index in [4.69, 9.17) is 0 Å². The molecule has 0 aromatic heterocycles. The number of rotatable bonds is 0. The molecule has 0 spiro atoms. The van der Waals surface area contributed by atoms with Gasteiger partial charge in [0.05, 0.1) is 37.6 Å². The molecule has 2 N–H and O–H groups in total. The van der Waals surface area contributed by atoms with Gasteiger partial charge in [0, 0.05) is 23.0 Å². The largest absolute Gasteiger partial charge is 0.391 e. The first-order valence-electron chi connectivity index (χ1n) is 6.50. The first-order chi connectivity index (χ1) is 10.7. The summed E-state index contributed by atoms with van der Waals surface area (Å²) in [5, 5.41) is 19.5. The van der Waals surface area contributed by atoms with E-state index in [9.17, 15) is 10.2 Å². The smallest absolute Gasteiger partial charge is 0.0728 e. The quantitative estimate of drug-likeness (QED) is 0.533. The molecular weight excluding hydrogens is 433 g/mol. The van der Waals surface area contributed by atoms with E-state index < -0.39 is 0 Å². The Morgan fingerprint density at radius 1 is 0.500 bits per heavy atom. The van der Waals surface area contributed by atoms with Crippen LogP contribution in [-0.2, 0) is 0 Å². The molecule has 0 aliphatic carbocycles. The Labute approximate surface area is 163 Å². The molecule has 4 heterocycles. The monoisotopic (exact) mass is 444 g/mol. The summed E-state index contributed by atoms with van der Waals surface area (Å²) in [6.07, 6.45) is -0.379. The molecule has 4 rings (SSSR count). The maximum Gasteiger partial charge on any atom is 0.0728 e. The molecule has 0 saturated carbocycles. The van der Waals surface area contributed by atoms with Crippen molar-refractivity contribution in [2.24, 2.45) is 0 Å². The lowest BCUT2D eigenvalue weighted by atomic mass is 10.5. The number of aliphatic hydroxyl groups excluding tert-OH is 2. The van der Waals surface area contributed by atoms with Crippen LogP contribution >= 0.6 is 94.1 Å². The summed E-state index contributed by atoms with van der Waals surface area (Å²) in [4.78, 5) is 0. The van der Waals surface area contributed by atoms with E-state index in [1.54, 1.807) is 47.0 Å². The van der Waals surface area contributed by atoms with E-state index in [-0.39, 0.29) is 12.2 Å². The van der Waals surface area contributed by atoms with E-state index in [2.05, 4.69) is 0 Å². The summed E-state index contributed by atoms with van der Waals surface area (Å²) >= 11 is 14.7. The van der Waals surface area contributed by atoms with Crippen LogP contribution < -0.4 is 0 Å². The van der Waals surface area contributed by atoms with Crippen LogP contribution in [-0.4, -0.2) is 45.4 Å². The van der Waals surface area contributed by atoms with Crippen LogP contribution in [0.15, 0.2) is 25.4 Å². The Bertz CT molecular complexity index is 490. The van der Waals surface area contributed by atoms with Gasteiger partial charge >= 0.3 is 0 Å². The zero-order valence-electron chi connectivity index (χ0n) is 11.1. The minimum atomic E-state index is -0.190. The zero-order valence-corrected chi connectivity index (χ0v) is 17.7. The standard InChI is InChI=1S/C12H12O2S8/c13-5-1-15-7-8(16-2-5)20-11(19-7)12-21-9-10(22-12)18-4-6(14)3-17-9/h5-6,13-14H,1-4H2. The Hall–Kier alpha value is 1.94. The van der Waals surface area contributed by atoms with Gasteiger partial charge in [-0.3, -0.25) is 0 Å². The minimum Gasteiger partial charge on any atom is -0.391 e. The van der Waals surface area contributed by atoms with Gasteiger partial charge in [-0.1, -0.05) is 47.0 Å². The van der Waals surface area contributed by atoms with Crippen molar-refractivity contribution in [1.82, 2.24) is 0 Å². The molecule has 0 radical (unpaired) electrons. The lowest BCUT2D eigenvalue weighted by Gasteiger charge is -2.09. The first kappa shape index (κ1) is 17.4. The summed E-state index contributed by atoms with van der Waals surface area (Å²) in [6.45, 7) is 0. The first-order valence-corrected chi connectivity index (χ1v) is 13.7. The third-order valence-corrected chi connectivity index (χ3v) is 15.0. The molecule has 0 fully saturated rings. The molecule has 22 heavy (non-hydrogen) atoms. The second-order valence-corrected chi connectivity index (χ2v) is 14.4. The van der Waals surface area contributed by atoms with Crippen molar-refractivity contribution in [1.29, 1.82) is 0 Å². The Kier molecular flexibility index (Phi) is 6.05. The summed E-state index contributed by atoms with van der Waals surface area (Å²) in [5.41, 5.74) is 0. The van der Waals surface area contributed by atoms with Crippen LogP contribution in [0, 0.1) is 0 Å². The number of aliphatic hydroxyl groups is 2. The van der Waals surface area contributed by atoms with Crippen LogP contribution in [0.25, 0.3) is 0 Å². The van der Waals surface area contributed by atoms with Gasteiger partial charge in [-0.25, -0.2) is 0 Å². The van der Waals surface area contributed by atoms with Gasteiger partial charge in [0.15, 0.2) is 0 Å². The second-order valence-electron chi connectivity index (χ2n) is 4.68. The van der Waals surface area contributed by atoms with Crippen molar-refractivity contribution in [3.63, 3.8) is 0 Å². The van der Waals surface area contributed by atoms with Crippen molar-refractivity contribution in [2.75, 3.05) is 23.0 Å². The average Bonchev–Trinajstić information content (AvgIpc) is 3.01. The van der Waals surface area contributed by atoms with Gasteiger partial charge in [0.1, 0.15) is 0 Å². The van der Waals surface area contributed by atoms with Crippen molar-refractivity contribution >= 4 is 94.1 Å². The predicted molar refractivity (Wildman–Crippen MR) is 113 cm³/mol. The SMILES string of the molecule is OC1CSC2=C(SC1)SC(=C1SC3=C(SCC(O)CS3)S1)S2. The Balaban J connectivity index is 1.46. The highest BCUT2D eigenvalue weighted by Crippen LogP contribution is 2.66. The minimum absolute atomic E-state index is 0.190. The molecule has 0 aromatic rings. The second kappa shape index (κ2) is 7.67. The van der Waals surface area contributed by atoms with Gasteiger partial charge in [-0.05, 0) is 0 Å². The molecular formula is C12H12O2S8. The third kappa shape index (κ3) is 3.86. The highest BCUT2D eigenvalue weighted by atomic mass is 32.3. The topological polar surface area (TPSA) is 40.5 Å². The van der Waals surface area contributed by atoms with Crippen LogP contribution in [0.4, 0.5) is 0 Å². The van der Waals surface area contributed by atoms with Crippen molar-refractivity contribution in [3.05, 3.63) is 25.4 Å². The summed E-state index contributed by atoms with van der Waals surface area (Å²) < 4.78 is 8.26. The Morgan fingerprint density at radius 2 is 0.773 bits per heavy atom. The Morgan fingerprint density at radius 3 is 1.05 bits per heavy atom. The van der Waals surface area contributed by atoms with Gasteiger partial charge in [0.2, 0.25) is 0 Å². The molecule has 0 bridgehead atoms. The molecule has 4 aliphatic heterocycles. The molecule has 0 aromatic carbocycles.